The van der Waals surface area contributed by atoms with Crippen molar-refractivity contribution in [3.05, 3.63) is 29.3 Å². The van der Waals surface area contributed by atoms with Gasteiger partial charge in [0, 0.05) is 0 Å². The van der Waals surface area contributed by atoms with Crippen molar-refractivity contribution in [3.8, 4) is 6.07 Å². The number of hydrogen-bond acceptors (Lipinski definition) is 3. The maximum atomic E-state index is 11.8. The molecule has 1 atom stereocenters. The summed E-state index contributed by atoms with van der Waals surface area (Å²) in [4.78, 5) is 22.8. The van der Waals surface area contributed by atoms with Crippen LogP contribution in [0.5, 0.6) is 0 Å². The maximum absolute atomic E-state index is 11.8. The Bertz CT molecular complexity index is 561. The van der Waals surface area contributed by atoms with E-state index >= 15 is 0 Å². The quantitative estimate of drug-likeness (QED) is 0.783. The van der Waals surface area contributed by atoms with Gasteiger partial charge in [0.1, 0.15) is 12.1 Å². The topological polar surface area (TPSA) is 102 Å². The molecule has 0 saturated heterocycles. The van der Waals surface area contributed by atoms with E-state index in [1.807, 2.05) is 6.07 Å². The second-order valence-corrected chi connectivity index (χ2v) is 4.77. The summed E-state index contributed by atoms with van der Waals surface area (Å²) in [6.07, 6.45) is 0. The highest BCUT2D eigenvalue weighted by Gasteiger charge is 2.23. The average molecular weight is 275 g/mol. The van der Waals surface area contributed by atoms with Crippen molar-refractivity contribution in [1.29, 1.82) is 5.26 Å². The van der Waals surface area contributed by atoms with E-state index in [1.54, 1.807) is 39.0 Å². The number of nitrogens with one attached hydrogen (secondary N) is 2. The molecule has 0 radical (unpaired) electrons. The third-order valence-electron chi connectivity index (χ3n) is 2.85. The van der Waals surface area contributed by atoms with E-state index in [2.05, 4.69) is 10.6 Å². The monoisotopic (exact) mass is 275 g/mol. The van der Waals surface area contributed by atoms with Crippen molar-refractivity contribution in [2.75, 3.05) is 5.32 Å². The molecule has 0 aliphatic carbocycles. The molecule has 1 aromatic carbocycles. The molecule has 0 bridgehead atoms. The Morgan fingerprint density at radius 1 is 1.35 bits per heavy atom. The van der Waals surface area contributed by atoms with E-state index in [1.165, 1.54) is 0 Å². The maximum Gasteiger partial charge on any atom is 0.326 e. The van der Waals surface area contributed by atoms with Gasteiger partial charge in [0.2, 0.25) is 0 Å². The minimum atomic E-state index is -1.10. The van der Waals surface area contributed by atoms with E-state index in [9.17, 15) is 9.59 Å². The molecule has 0 saturated carbocycles. The fourth-order valence-corrected chi connectivity index (χ4v) is 1.73. The minimum Gasteiger partial charge on any atom is -0.480 e. The number of carboxylic acid groups (broad SMARTS) is 1. The van der Waals surface area contributed by atoms with E-state index in [0.29, 0.717) is 11.3 Å². The second-order valence-electron chi connectivity index (χ2n) is 4.77. The number of urea groups is 1. The summed E-state index contributed by atoms with van der Waals surface area (Å²) in [6.45, 7) is 5.16. The predicted octanol–water partition coefficient (Wildman–Crippen LogP) is 2.10. The number of anilines is 1. The van der Waals surface area contributed by atoms with Gasteiger partial charge in [0.15, 0.2) is 0 Å². The zero-order chi connectivity index (χ0) is 15.3. The van der Waals surface area contributed by atoms with E-state index in [-0.39, 0.29) is 5.92 Å². The summed E-state index contributed by atoms with van der Waals surface area (Å²) in [6, 6.07) is 5.45. The summed E-state index contributed by atoms with van der Waals surface area (Å²) >= 11 is 0. The lowest BCUT2D eigenvalue weighted by molar-refractivity contribution is -0.140. The van der Waals surface area contributed by atoms with Crippen LogP contribution in [0.4, 0.5) is 10.5 Å². The lowest BCUT2D eigenvalue weighted by atomic mass is 10.1. The van der Waals surface area contributed by atoms with Crippen LogP contribution in [0, 0.1) is 24.2 Å². The smallest absolute Gasteiger partial charge is 0.326 e. The van der Waals surface area contributed by atoms with Crippen LogP contribution < -0.4 is 10.6 Å². The van der Waals surface area contributed by atoms with Crippen LogP contribution in [0.3, 0.4) is 0 Å². The minimum absolute atomic E-state index is 0.244. The molecule has 6 heteroatoms. The van der Waals surface area contributed by atoms with Gasteiger partial charge >= 0.3 is 12.0 Å². The molecule has 0 aromatic heterocycles. The summed E-state index contributed by atoms with van der Waals surface area (Å²) in [5, 5.41) is 22.9. The highest BCUT2D eigenvalue weighted by molar-refractivity contribution is 5.93. The number of aryl methyl sites for hydroxylation is 1. The third-order valence-corrected chi connectivity index (χ3v) is 2.85. The molecule has 3 N–H and O–H groups in total. The van der Waals surface area contributed by atoms with E-state index < -0.39 is 18.0 Å². The standard InChI is InChI=1S/C14H17N3O3/c1-8(2)12(13(18)19)17-14(20)16-11-6-4-5-9(3)10(11)7-15/h4-6,8,12H,1-3H3,(H,18,19)(H2,16,17,20)/t12-/m1/s1. The van der Waals surface area contributed by atoms with Gasteiger partial charge in [0.05, 0.1) is 11.3 Å². The lowest BCUT2D eigenvalue weighted by Gasteiger charge is -2.18. The summed E-state index contributed by atoms with van der Waals surface area (Å²) in [7, 11) is 0. The Kier molecular flexibility index (Phi) is 5.09. The van der Waals surface area contributed by atoms with Gasteiger partial charge in [-0.05, 0) is 24.5 Å². The molecular formula is C14H17N3O3. The summed E-state index contributed by atoms with van der Waals surface area (Å²) in [5.41, 5.74) is 1.46. The van der Waals surface area contributed by atoms with Crippen LogP contribution in [-0.2, 0) is 4.79 Å². The van der Waals surface area contributed by atoms with E-state index in [0.717, 1.165) is 5.56 Å². The highest BCUT2D eigenvalue weighted by atomic mass is 16.4. The number of carbonyl (C=O) groups is 2. The molecule has 0 spiro atoms. The zero-order valence-electron chi connectivity index (χ0n) is 11.6. The van der Waals surface area contributed by atoms with Gasteiger partial charge in [-0.3, -0.25) is 0 Å². The number of nitrogens with zero attached hydrogens (tertiary/aromatic N) is 1. The summed E-state index contributed by atoms with van der Waals surface area (Å²) < 4.78 is 0. The molecule has 1 aromatic rings. The second kappa shape index (κ2) is 6.57. The average Bonchev–Trinajstić information content (AvgIpc) is 2.35. The molecule has 20 heavy (non-hydrogen) atoms. The molecule has 6 nitrogen and oxygen atoms in total. The molecule has 106 valence electrons. The van der Waals surface area contributed by atoms with Gasteiger partial charge in [0.25, 0.3) is 0 Å². The van der Waals surface area contributed by atoms with Crippen LogP contribution in [0.2, 0.25) is 0 Å². The van der Waals surface area contributed by atoms with Crippen molar-refractivity contribution in [2.45, 2.75) is 26.8 Å². The van der Waals surface area contributed by atoms with Gasteiger partial charge in [-0.2, -0.15) is 5.26 Å². The van der Waals surface area contributed by atoms with Crippen LogP contribution in [-0.4, -0.2) is 23.1 Å². The van der Waals surface area contributed by atoms with Crippen molar-refractivity contribution in [2.24, 2.45) is 5.92 Å². The number of carboxylic acids is 1. The Morgan fingerprint density at radius 2 is 2.00 bits per heavy atom. The van der Waals surface area contributed by atoms with Gasteiger partial charge < -0.3 is 15.7 Å². The number of aliphatic carboxylic acids is 1. The molecule has 0 aliphatic heterocycles. The molecule has 0 fully saturated rings. The number of amides is 2. The van der Waals surface area contributed by atoms with Crippen LogP contribution in [0.15, 0.2) is 18.2 Å². The largest absolute Gasteiger partial charge is 0.480 e. The fraction of sp³-hybridized carbons (Fsp3) is 0.357. The zero-order valence-corrected chi connectivity index (χ0v) is 11.6. The van der Waals surface area contributed by atoms with Gasteiger partial charge in [-0.25, -0.2) is 9.59 Å². The van der Waals surface area contributed by atoms with Gasteiger partial charge in [-0.15, -0.1) is 0 Å². The van der Waals surface area contributed by atoms with Crippen molar-refractivity contribution < 1.29 is 14.7 Å². The first-order valence-corrected chi connectivity index (χ1v) is 6.16. The van der Waals surface area contributed by atoms with Crippen LogP contribution in [0.1, 0.15) is 25.0 Å². The molecular weight excluding hydrogens is 258 g/mol. The number of hydrogen-bond donors (Lipinski definition) is 3. The molecule has 1 rings (SSSR count). The summed E-state index contributed by atoms with van der Waals surface area (Å²) in [5.74, 6) is -1.34. The number of rotatable bonds is 4. The van der Waals surface area contributed by atoms with Crippen molar-refractivity contribution in [1.82, 2.24) is 5.32 Å². The Hall–Kier alpha value is -2.55. The van der Waals surface area contributed by atoms with Crippen LogP contribution in [0.25, 0.3) is 0 Å². The first-order valence-electron chi connectivity index (χ1n) is 6.16. The third kappa shape index (κ3) is 3.72. The number of carbonyl (C=O) groups excluding carboxylic acids is 1. The van der Waals surface area contributed by atoms with Crippen molar-refractivity contribution >= 4 is 17.7 Å². The normalized spacial score (nSPS) is 11.6. The molecule has 0 unspecified atom stereocenters. The highest BCUT2D eigenvalue weighted by Crippen LogP contribution is 2.18. The van der Waals surface area contributed by atoms with E-state index in [4.69, 9.17) is 10.4 Å². The number of benzene rings is 1. The Morgan fingerprint density at radius 3 is 2.50 bits per heavy atom. The SMILES string of the molecule is Cc1cccc(NC(=O)N[C@@H](C(=O)O)C(C)C)c1C#N. The van der Waals surface area contributed by atoms with Crippen LogP contribution >= 0.6 is 0 Å². The van der Waals surface area contributed by atoms with Gasteiger partial charge in [-0.1, -0.05) is 26.0 Å². The Labute approximate surface area is 117 Å². The fourth-order valence-electron chi connectivity index (χ4n) is 1.73. The first kappa shape index (κ1) is 15.5. The predicted molar refractivity (Wildman–Crippen MR) is 74.3 cm³/mol. The molecule has 0 aliphatic rings. The molecule has 0 heterocycles. The molecule has 2 amide bonds. The number of nitriles is 1. The first-order chi connectivity index (χ1) is 9.36. The Balaban J connectivity index is 2.85. The van der Waals surface area contributed by atoms with Crippen molar-refractivity contribution in [3.63, 3.8) is 0 Å². The lowest BCUT2D eigenvalue weighted by Crippen LogP contribution is -2.46.